The quantitative estimate of drug-likeness (QED) is 0.193. The molecule has 4 rings (SSSR count). The van der Waals surface area contributed by atoms with Crippen LogP contribution in [-0.4, -0.2) is 83.6 Å². The Labute approximate surface area is 249 Å². The highest BCUT2D eigenvalue weighted by Crippen LogP contribution is 2.66. The number of hydrogen-bond donors (Lipinski definition) is 0. The van der Waals surface area contributed by atoms with Crippen molar-refractivity contribution in [2.75, 3.05) is 0 Å². The van der Waals surface area contributed by atoms with Gasteiger partial charge in [-0.1, -0.05) is 19.4 Å². The van der Waals surface area contributed by atoms with Crippen molar-refractivity contribution in [1.29, 1.82) is 0 Å². The maximum Gasteiger partial charge on any atom is 0.342 e. The highest BCUT2D eigenvalue weighted by Gasteiger charge is 2.87. The van der Waals surface area contributed by atoms with Crippen LogP contribution in [0.3, 0.4) is 0 Å². The predicted octanol–water partition coefficient (Wildman–Crippen LogP) is 2.11. The molecule has 1 saturated carbocycles. The van der Waals surface area contributed by atoms with E-state index in [2.05, 4.69) is 0 Å². The Morgan fingerprint density at radius 1 is 0.791 bits per heavy atom. The first kappa shape index (κ1) is 32.4. The van der Waals surface area contributed by atoms with E-state index in [0.717, 1.165) is 0 Å². The zero-order valence-corrected chi connectivity index (χ0v) is 25.9. The summed E-state index contributed by atoms with van der Waals surface area (Å²) in [7, 11) is 0. The minimum absolute atomic E-state index is 0.0104. The number of rotatable bonds is 5. The lowest BCUT2D eigenvalue weighted by Crippen LogP contribution is -2.68. The molecule has 238 valence electrons. The molecule has 0 amide bonds. The molecule has 13 heteroatoms. The average molecular weight is 609 g/mol. The standard InChI is InChI=1S/C30H40O13/c1-13-10-21(38-16(4)32)25(40-18(6)34)28(8)22(39-17(5)33)12-20(37-15(3)31)14(2)24(28)26(41-19(7)35)30-23(11-13)42-27(36)29(30,9)43-30/h11,14,20-26H,10,12H2,1-9H3/b13-11-/t14-,20-,21-,22-,23-,24+,25+,26+,28-,29?,30-/m0/s1. The van der Waals surface area contributed by atoms with Gasteiger partial charge in [-0.2, -0.15) is 0 Å². The number of hydrogen-bond acceptors (Lipinski definition) is 13. The lowest BCUT2D eigenvalue weighted by atomic mass is 9.52. The Morgan fingerprint density at radius 3 is 1.81 bits per heavy atom. The van der Waals surface area contributed by atoms with Crippen LogP contribution in [0.1, 0.15) is 75.2 Å². The van der Waals surface area contributed by atoms with E-state index in [1.807, 2.05) is 0 Å². The van der Waals surface area contributed by atoms with Crippen molar-refractivity contribution in [3.8, 4) is 0 Å². The van der Waals surface area contributed by atoms with Crippen LogP contribution in [0.5, 0.6) is 0 Å². The van der Waals surface area contributed by atoms with Gasteiger partial charge in [0.15, 0.2) is 17.3 Å². The zero-order chi connectivity index (χ0) is 32.2. The average Bonchev–Trinajstić information content (AvgIpc) is 3.44. The van der Waals surface area contributed by atoms with Crippen LogP contribution in [0.25, 0.3) is 0 Å². The summed E-state index contributed by atoms with van der Waals surface area (Å²) in [4.78, 5) is 75.9. The fourth-order valence-corrected chi connectivity index (χ4v) is 7.67. The van der Waals surface area contributed by atoms with E-state index in [1.165, 1.54) is 34.6 Å². The minimum atomic E-state index is -1.52. The first-order valence-corrected chi connectivity index (χ1v) is 14.3. The molecule has 0 N–H and O–H groups in total. The number of carbonyl (C=O) groups excluding carboxylic acids is 6. The Bertz CT molecular complexity index is 1260. The Hall–Kier alpha value is -3.48. The molecule has 1 unspecified atom stereocenters. The molecule has 0 aromatic carbocycles. The Kier molecular flexibility index (Phi) is 8.46. The van der Waals surface area contributed by atoms with E-state index in [4.69, 9.17) is 33.2 Å². The van der Waals surface area contributed by atoms with E-state index in [0.29, 0.717) is 5.57 Å². The monoisotopic (exact) mass is 608 g/mol. The van der Waals surface area contributed by atoms with Crippen LogP contribution in [0.2, 0.25) is 0 Å². The normalized spacial score (nSPS) is 42.7. The summed E-state index contributed by atoms with van der Waals surface area (Å²) in [5, 5.41) is 0. The van der Waals surface area contributed by atoms with Gasteiger partial charge >= 0.3 is 35.8 Å². The van der Waals surface area contributed by atoms with E-state index in [-0.39, 0.29) is 12.8 Å². The summed E-state index contributed by atoms with van der Waals surface area (Å²) in [5.74, 6) is -5.64. The van der Waals surface area contributed by atoms with Crippen LogP contribution in [0.15, 0.2) is 11.6 Å². The molecular weight excluding hydrogens is 568 g/mol. The molecule has 2 aliphatic carbocycles. The van der Waals surface area contributed by atoms with Crippen LogP contribution in [0.4, 0.5) is 0 Å². The number of epoxide rings is 1. The molecule has 0 aromatic rings. The third kappa shape index (κ3) is 5.40. The molecular formula is C30H40O13. The zero-order valence-electron chi connectivity index (χ0n) is 25.9. The molecule has 4 aliphatic rings. The maximum atomic E-state index is 13.2. The summed E-state index contributed by atoms with van der Waals surface area (Å²) < 4.78 is 41.4. The highest BCUT2D eigenvalue weighted by molar-refractivity contribution is 5.89. The first-order chi connectivity index (χ1) is 19.9. The van der Waals surface area contributed by atoms with Gasteiger partial charge in [0, 0.05) is 59.3 Å². The largest absolute Gasteiger partial charge is 0.462 e. The van der Waals surface area contributed by atoms with Crippen molar-refractivity contribution >= 4 is 35.8 Å². The van der Waals surface area contributed by atoms with Gasteiger partial charge in [-0.25, -0.2) is 4.79 Å². The topological polar surface area (TPSA) is 170 Å². The van der Waals surface area contributed by atoms with Crippen molar-refractivity contribution in [2.24, 2.45) is 17.3 Å². The van der Waals surface area contributed by atoms with Gasteiger partial charge in [-0.3, -0.25) is 24.0 Å². The van der Waals surface area contributed by atoms with Crippen molar-refractivity contribution in [3.05, 3.63) is 11.6 Å². The predicted molar refractivity (Wildman–Crippen MR) is 144 cm³/mol. The summed E-state index contributed by atoms with van der Waals surface area (Å²) in [5.41, 5.74) is -3.89. The van der Waals surface area contributed by atoms with Gasteiger partial charge < -0.3 is 33.2 Å². The minimum Gasteiger partial charge on any atom is -0.462 e. The molecule has 11 atom stereocenters. The molecule has 2 saturated heterocycles. The smallest absolute Gasteiger partial charge is 0.342 e. The number of ether oxygens (including phenoxy) is 7. The van der Waals surface area contributed by atoms with Gasteiger partial charge in [0.1, 0.15) is 30.5 Å². The number of carbonyl (C=O) groups is 6. The SMILES string of the molecule is CC(=O)O[C@H]1C[C@H](OC(C)=O)[C@@]2(C)[C@H]([C@H]1C)[C@@H](OC(C)=O)[C@]13OC1(C)C(=O)O[C@H]3/C=C(/C)C[C@H](OC(C)=O)[C@H]2OC(C)=O. The van der Waals surface area contributed by atoms with Crippen LogP contribution < -0.4 is 0 Å². The van der Waals surface area contributed by atoms with Crippen molar-refractivity contribution in [1.82, 2.24) is 0 Å². The highest BCUT2D eigenvalue weighted by atomic mass is 16.7. The molecule has 0 bridgehead atoms. The van der Waals surface area contributed by atoms with Crippen molar-refractivity contribution in [3.63, 3.8) is 0 Å². The number of fused-ring (bicyclic) bond motifs is 1. The maximum absolute atomic E-state index is 13.2. The number of esters is 6. The van der Waals surface area contributed by atoms with Crippen LogP contribution >= 0.6 is 0 Å². The summed E-state index contributed by atoms with van der Waals surface area (Å²) in [6.45, 7) is 12.8. The Balaban J connectivity index is 2.09. The molecule has 0 aromatic heterocycles. The van der Waals surface area contributed by atoms with Gasteiger partial charge in [-0.05, 0) is 19.9 Å². The van der Waals surface area contributed by atoms with E-state index < -0.39 is 101 Å². The molecule has 1 spiro atoms. The van der Waals surface area contributed by atoms with Gasteiger partial charge in [0.2, 0.25) is 0 Å². The first-order valence-electron chi connectivity index (χ1n) is 14.3. The fourth-order valence-electron chi connectivity index (χ4n) is 7.67. The van der Waals surface area contributed by atoms with Gasteiger partial charge in [0.25, 0.3) is 0 Å². The lowest BCUT2D eigenvalue weighted by Gasteiger charge is -2.57. The summed E-state index contributed by atoms with van der Waals surface area (Å²) in [6.07, 6.45) is -4.94. The van der Waals surface area contributed by atoms with E-state index >= 15 is 0 Å². The van der Waals surface area contributed by atoms with Gasteiger partial charge in [0.05, 0.1) is 5.41 Å². The van der Waals surface area contributed by atoms with E-state index in [1.54, 1.807) is 33.8 Å². The molecule has 2 heterocycles. The van der Waals surface area contributed by atoms with Crippen LogP contribution in [-0.2, 0) is 61.9 Å². The third-order valence-corrected chi connectivity index (χ3v) is 9.32. The van der Waals surface area contributed by atoms with Crippen molar-refractivity contribution in [2.45, 2.75) is 123 Å². The third-order valence-electron chi connectivity index (χ3n) is 9.32. The second-order valence-corrected chi connectivity index (χ2v) is 12.4. The van der Waals surface area contributed by atoms with Crippen LogP contribution in [0, 0.1) is 17.3 Å². The molecule has 2 aliphatic heterocycles. The molecule has 43 heavy (non-hydrogen) atoms. The molecule has 0 radical (unpaired) electrons. The Morgan fingerprint density at radius 2 is 1.30 bits per heavy atom. The fraction of sp³-hybridized carbons (Fsp3) is 0.733. The second-order valence-electron chi connectivity index (χ2n) is 12.4. The molecule has 3 fully saturated rings. The molecule has 13 nitrogen and oxygen atoms in total. The van der Waals surface area contributed by atoms with E-state index in [9.17, 15) is 28.8 Å². The van der Waals surface area contributed by atoms with Gasteiger partial charge in [-0.15, -0.1) is 0 Å². The second kappa shape index (κ2) is 11.2. The summed E-state index contributed by atoms with van der Waals surface area (Å²) >= 11 is 0. The van der Waals surface area contributed by atoms with Crippen molar-refractivity contribution < 1.29 is 61.9 Å². The summed E-state index contributed by atoms with van der Waals surface area (Å²) in [6, 6.07) is 0. The lowest BCUT2D eigenvalue weighted by molar-refractivity contribution is -0.247.